The number of alkyl halides is 1. The van der Waals surface area contributed by atoms with Gasteiger partial charge < -0.3 is 4.90 Å². The first kappa shape index (κ1) is 19.6. The van der Waals surface area contributed by atoms with Crippen molar-refractivity contribution in [1.29, 1.82) is 0 Å². The Bertz CT molecular complexity index is 847. The van der Waals surface area contributed by atoms with Crippen LogP contribution in [0.4, 0.5) is 0 Å². The van der Waals surface area contributed by atoms with Gasteiger partial charge in [-0.05, 0) is 26.3 Å². The molecule has 0 unspecified atom stereocenters. The minimum atomic E-state index is -4.02. The van der Waals surface area contributed by atoms with E-state index < -0.39 is 31.2 Å². The number of amides is 1. The summed E-state index contributed by atoms with van der Waals surface area (Å²) in [7, 11) is -7.66. The van der Waals surface area contributed by atoms with Crippen LogP contribution >= 0.6 is 22.9 Å². The van der Waals surface area contributed by atoms with Crippen molar-refractivity contribution in [3.63, 3.8) is 0 Å². The van der Waals surface area contributed by atoms with Crippen molar-refractivity contribution in [1.82, 2.24) is 4.90 Å². The predicted molar refractivity (Wildman–Crippen MR) is 92.4 cm³/mol. The van der Waals surface area contributed by atoms with E-state index in [-0.39, 0.29) is 33.0 Å². The summed E-state index contributed by atoms with van der Waals surface area (Å²) in [6.45, 7) is 3.71. The van der Waals surface area contributed by atoms with Gasteiger partial charge in [0.05, 0.1) is 11.3 Å². The number of halogens is 1. The molecule has 2 atom stereocenters. The van der Waals surface area contributed by atoms with Gasteiger partial charge in [-0.1, -0.05) is 0 Å². The molecule has 0 bridgehead atoms. The maximum atomic E-state index is 12.5. The molecule has 0 aliphatic carbocycles. The lowest BCUT2D eigenvalue weighted by atomic mass is 10.0. The molecule has 0 aromatic carbocycles. The quantitative estimate of drug-likeness (QED) is 0.732. The Balaban J connectivity index is 2.61. The molecule has 1 aliphatic heterocycles. The first-order valence-electron chi connectivity index (χ1n) is 7.29. The molecule has 1 aromatic heterocycles. The van der Waals surface area contributed by atoms with Gasteiger partial charge in [0.15, 0.2) is 9.84 Å². The molecule has 136 valence electrons. The van der Waals surface area contributed by atoms with Crippen molar-refractivity contribution < 1.29 is 21.6 Å². The van der Waals surface area contributed by atoms with Gasteiger partial charge in [-0.15, -0.1) is 22.9 Å². The van der Waals surface area contributed by atoms with E-state index in [2.05, 4.69) is 0 Å². The fourth-order valence-electron chi connectivity index (χ4n) is 2.80. The molecular formula is C13H19ClN2O5S3. The molecule has 0 radical (unpaired) electrons. The number of thiophene rings is 1. The molecule has 1 aliphatic rings. The highest BCUT2D eigenvalue weighted by atomic mass is 35.5. The molecule has 2 heterocycles. The summed E-state index contributed by atoms with van der Waals surface area (Å²) in [5, 5.41) is 4.42. The van der Waals surface area contributed by atoms with Crippen LogP contribution in [0.3, 0.4) is 0 Å². The number of nitrogens with two attached hydrogens (primary N) is 1. The van der Waals surface area contributed by atoms with E-state index in [0.29, 0.717) is 23.4 Å². The molecule has 0 spiro atoms. The van der Waals surface area contributed by atoms with Crippen molar-refractivity contribution >= 4 is 48.7 Å². The van der Waals surface area contributed by atoms with Crippen molar-refractivity contribution in [2.75, 3.05) is 12.4 Å². The van der Waals surface area contributed by atoms with E-state index >= 15 is 0 Å². The Morgan fingerprint density at radius 3 is 2.62 bits per heavy atom. The number of rotatable bonds is 5. The average Bonchev–Trinajstić information content (AvgIpc) is 2.92. The van der Waals surface area contributed by atoms with Crippen LogP contribution in [-0.4, -0.2) is 45.3 Å². The summed E-state index contributed by atoms with van der Waals surface area (Å²) in [6.07, 6.45) is 0.340. The van der Waals surface area contributed by atoms with Crippen LogP contribution < -0.4 is 5.14 Å². The molecule has 0 saturated heterocycles. The third-order valence-electron chi connectivity index (χ3n) is 4.03. The lowest BCUT2D eigenvalue weighted by molar-refractivity contribution is -0.133. The van der Waals surface area contributed by atoms with Gasteiger partial charge >= 0.3 is 0 Å². The van der Waals surface area contributed by atoms with E-state index in [1.54, 1.807) is 18.7 Å². The Morgan fingerprint density at radius 1 is 1.50 bits per heavy atom. The van der Waals surface area contributed by atoms with Crippen LogP contribution in [0.5, 0.6) is 0 Å². The Hall–Kier alpha value is -0.680. The maximum Gasteiger partial charge on any atom is 0.247 e. The fraction of sp³-hybridized carbons (Fsp3) is 0.615. The normalized spacial score (nSPS) is 22.8. The van der Waals surface area contributed by atoms with Gasteiger partial charge in [-0.2, -0.15) is 0 Å². The van der Waals surface area contributed by atoms with Crippen molar-refractivity contribution in [2.24, 2.45) is 5.14 Å². The largest absolute Gasteiger partial charge is 0.336 e. The molecule has 1 aromatic rings. The number of hydrogen-bond acceptors (Lipinski definition) is 6. The second-order valence-electron chi connectivity index (χ2n) is 5.58. The van der Waals surface area contributed by atoms with Crippen molar-refractivity contribution in [3.05, 3.63) is 11.6 Å². The molecule has 7 nitrogen and oxygen atoms in total. The van der Waals surface area contributed by atoms with Crippen LogP contribution in [0, 0.1) is 0 Å². The monoisotopic (exact) mass is 414 g/mol. The van der Waals surface area contributed by atoms with Crippen LogP contribution in [0.15, 0.2) is 14.5 Å². The molecule has 0 fully saturated rings. The second-order valence-corrected chi connectivity index (χ2v) is 11.4. The number of hydrogen-bond donors (Lipinski definition) is 1. The number of primary sulfonamides is 1. The first-order chi connectivity index (χ1) is 11.0. The number of sulfonamides is 1. The highest BCUT2D eigenvalue weighted by Gasteiger charge is 2.42. The Kier molecular flexibility index (Phi) is 5.65. The van der Waals surface area contributed by atoms with Crippen LogP contribution in [0.2, 0.25) is 0 Å². The molecule has 0 saturated carbocycles. The number of carbonyl (C=O) groups is 1. The molecule has 2 N–H and O–H groups in total. The summed E-state index contributed by atoms with van der Waals surface area (Å²) in [5.74, 6) is -0.0345. The lowest BCUT2D eigenvalue weighted by Crippen LogP contribution is -2.40. The lowest BCUT2D eigenvalue weighted by Gasteiger charge is -2.36. The summed E-state index contributed by atoms with van der Waals surface area (Å²) >= 11 is 6.28. The van der Waals surface area contributed by atoms with Crippen molar-refractivity contribution in [2.45, 2.75) is 46.4 Å². The van der Waals surface area contributed by atoms with Gasteiger partial charge in [0.1, 0.15) is 8.42 Å². The third-order valence-corrected chi connectivity index (χ3v) is 9.54. The van der Waals surface area contributed by atoms with Crippen LogP contribution in [-0.2, 0) is 24.7 Å². The van der Waals surface area contributed by atoms with E-state index in [1.165, 1.54) is 6.07 Å². The number of fused-ring (bicyclic) bond motifs is 1. The van der Waals surface area contributed by atoms with Gasteiger partial charge in [-0.3, -0.25) is 4.79 Å². The van der Waals surface area contributed by atoms with E-state index in [0.717, 1.165) is 0 Å². The fourth-order valence-corrected chi connectivity index (χ4v) is 7.36. The SMILES string of the molecule is CCN(C(=O)CCCl)[C@H]1C[C@H](C)S(=O)(=O)c2sc(S(N)(=O)=O)cc21. The second kappa shape index (κ2) is 6.91. The first-order valence-corrected chi connectivity index (χ1v) is 11.7. The Morgan fingerprint density at radius 2 is 2.12 bits per heavy atom. The molecule has 1 amide bonds. The highest BCUT2D eigenvalue weighted by molar-refractivity contribution is 7.95. The van der Waals surface area contributed by atoms with E-state index in [1.807, 2.05) is 0 Å². The zero-order valence-electron chi connectivity index (χ0n) is 13.2. The molecular weight excluding hydrogens is 396 g/mol. The Labute approximate surface area is 150 Å². The van der Waals surface area contributed by atoms with Crippen LogP contribution in [0.25, 0.3) is 0 Å². The van der Waals surface area contributed by atoms with Crippen molar-refractivity contribution in [3.8, 4) is 0 Å². The van der Waals surface area contributed by atoms with Gasteiger partial charge in [0.25, 0.3) is 0 Å². The van der Waals surface area contributed by atoms with Crippen LogP contribution in [0.1, 0.15) is 38.3 Å². The number of carbonyl (C=O) groups excluding carboxylic acids is 1. The molecule has 11 heteroatoms. The summed E-state index contributed by atoms with van der Waals surface area (Å²) in [5.41, 5.74) is 0.326. The minimum Gasteiger partial charge on any atom is -0.336 e. The minimum absolute atomic E-state index is 0.0209. The predicted octanol–water partition coefficient (Wildman–Crippen LogP) is 1.48. The summed E-state index contributed by atoms with van der Waals surface area (Å²) < 4.78 is 48.1. The summed E-state index contributed by atoms with van der Waals surface area (Å²) in [6, 6.07) is 0.770. The van der Waals surface area contributed by atoms with Gasteiger partial charge in [-0.25, -0.2) is 22.0 Å². The maximum absolute atomic E-state index is 12.5. The number of sulfone groups is 1. The van der Waals surface area contributed by atoms with Gasteiger partial charge in [0.2, 0.25) is 15.9 Å². The van der Waals surface area contributed by atoms with Gasteiger partial charge in [0, 0.05) is 24.4 Å². The topological polar surface area (TPSA) is 115 Å². The van der Waals surface area contributed by atoms with E-state index in [4.69, 9.17) is 16.7 Å². The van der Waals surface area contributed by atoms with E-state index in [9.17, 15) is 21.6 Å². The summed E-state index contributed by atoms with van der Waals surface area (Å²) in [4.78, 5) is 13.9. The zero-order chi connectivity index (χ0) is 18.3. The average molecular weight is 415 g/mol. The molecule has 24 heavy (non-hydrogen) atoms. The number of nitrogens with zero attached hydrogens (tertiary/aromatic N) is 1. The highest BCUT2D eigenvalue weighted by Crippen LogP contribution is 2.45. The standard InChI is InChI=1S/C13H19ClN2O5S3/c1-3-16(11(17)4-5-14)10-6-8(2)23(18,19)13-9(10)7-12(22-13)24(15,20)21/h7-8,10H,3-6H2,1-2H3,(H2,15,20,21)/t8-,10-/m0/s1. The zero-order valence-corrected chi connectivity index (χ0v) is 16.4. The molecule has 2 rings (SSSR count). The smallest absolute Gasteiger partial charge is 0.247 e. The third kappa shape index (κ3) is 3.48.